The molecule has 0 aliphatic carbocycles. The maximum atomic E-state index is 12.2. The van der Waals surface area contributed by atoms with E-state index < -0.39 is 0 Å². The Morgan fingerprint density at radius 1 is 1.21 bits per heavy atom. The first-order valence-corrected chi connectivity index (χ1v) is 7.54. The fraction of sp³-hybridized carbons (Fsp3) is 0.235. The molecule has 24 heavy (non-hydrogen) atoms. The zero-order valence-electron chi connectivity index (χ0n) is 13.3. The topological polar surface area (TPSA) is 77.8 Å². The second-order valence-corrected chi connectivity index (χ2v) is 5.62. The first kappa shape index (κ1) is 14.5. The third-order valence-electron chi connectivity index (χ3n) is 4.30. The van der Waals surface area contributed by atoms with Gasteiger partial charge in [-0.1, -0.05) is 0 Å². The van der Waals surface area contributed by atoms with Gasteiger partial charge >= 0.3 is 0 Å². The van der Waals surface area contributed by atoms with Crippen LogP contribution >= 0.6 is 0 Å². The van der Waals surface area contributed by atoms with E-state index in [1.165, 1.54) is 6.33 Å². The van der Waals surface area contributed by atoms with E-state index in [1.807, 2.05) is 24.4 Å². The molecule has 1 aromatic carbocycles. The van der Waals surface area contributed by atoms with Crippen LogP contribution in [0.2, 0.25) is 0 Å². The summed E-state index contributed by atoms with van der Waals surface area (Å²) in [6, 6.07) is 7.64. The summed E-state index contributed by atoms with van der Waals surface area (Å²) in [5, 5.41) is 7.01. The summed E-state index contributed by atoms with van der Waals surface area (Å²) >= 11 is 0. The summed E-state index contributed by atoms with van der Waals surface area (Å²) in [6.45, 7) is 0. The molecule has 122 valence electrons. The number of pyridine rings is 1. The summed E-state index contributed by atoms with van der Waals surface area (Å²) < 4.78 is 12.4. The molecule has 3 aromatic rings. The maximum Gasteiger partial charge on any atom is 0.225 e. The van der Waals surface area contributed by atoms with Crippen molar-refractivity contribution in [2.45, 2.75) is 12.3 Å². The number of fused-ring (bicyclic) bond motifs is 2. The van der Waals surface area contributed by atoms with Gasteiger partial charge in [0.05, 0.1) is 14.2 Å². The standard InChI is InChI=1S/C17H16N4O3/c1-23-14-6-12-11(7-17(22)20-13(12)8-15(14)24-2)10-3-4-21-16(5-10)18-9-19-21/h3-6,8-9,11H,7H2,1-2H3,(H,20,22). The molecule has 7 heteroatoms. The second kappa shape index (κ2) is 5.52. The van der Waals surface area contributed by atoms with Crippen molar-refractivity contribution in [3.63, 3.8) is 0 Å². The monoisotopic (exact) mass is 324 g/mol. The molecule has 1 unspecified atom stereocenters. The van der Waals surface area contributed by atoms with Gasteiger partial charge in [-0.25, -0.2) is 9.50 Å². The van der Waals surface area contributed by atoms with E-state index in [2.05, 4.69) is 15.4 Å². The zero-order chi connectivity index (χ0) is 16.7. The van der Waals surface area contributed by atoms with Crippen LogP contribution < -0.4 is 14.8 Å². The van der Waals surface area contributed by atoms with Crippen LogP contribution in [-0.2, 0) is 4.79 Å². The number of amides is 1. The van der Waals surface area contributed by atoms with Gasteiger partial charge < -0.3 is 14.8 Å². The number of carbonyl (C=O) groups excluding carboxylic acids is 1. The van der Waals surface area contributed by atoms with Crippen LogP contribution in [0.5, 0.6) is 11.5 Å². The zero-order valence-corrected chi connectivity index (χ0v) is 13.3. The predicted molar refractivity (Wildman–Crippen MR) is 87.6 cm³/mol. The van der Waals surface area contributed by atoms with Crippen molar-refractivity contribution >= 4 is 17.2 Å². The Kier molecular flexibility index (Phi) is 3.34. The Hall–Kier alpha value is -3.09. The van der Waals surface area contributed by atoms with E-state index in [0.29, 0.717) is 17.9 Å². The number of hydrogen-bond donors (Lipinski definition) is 1. The summed E-state index contributed by atoms with van der Waals surface area (Å²) in [5.74, 6) is 1.13. The Morgan fingerprint density at radius 2 is 2.00 bits per heavy atom. The quantitative estimate of drug-likeness (QED) is 0.799. The molecule has 2 aromatic heterocycles. The molecule has 0 saturated heterocycles. The van der Waals surface area contributed by atoms with Crippen LogP contribution in [0.15, 0.2) is 36.8 Å². The van der Waals surface area contributed by atoms with Gasteiger partial charge in [0.2, 0.25) is 5.91 Å². The highest BCUT2D eigenvalue weighted by Crippen LogP contribution is 2.43. The second-order valence-electron chi connectivity index (χ2n) is 5.62. The van der Waals surface area contributed by atoms with Crippen LogP contribution in [0.1, 0.15) is 23.5 Å². The lowest BCUT2D eigenvalue weighted by atomic mass is 9.85. The Bertz CT molecular complexity index is 935. The highest BCUT2D eigenvalue weighted by molar-refractivity contribution is 5.96. The molecule has 1 amide bonds. The number of nitrogens with one attached hydrogen (secondary N) is 1. The largest absolute Gasteiger partial charge is 0.493 e. The smallest absolute Gasteiger partial charge is 0.225 e. The molecule has 1 atom stereocenters. The number of hydrogen-bond acceptors (Lipinski definition) is 5. The fourth-order valence-electron chi connectivity index (χ4n) is 3.13. The Balaban J connectivity index is 1.86. The molecule has 0 spiro atoms. The Labute approximate surface area is 138 Å². The van der Waals surface area contributed by atoms with Gasteiger partial charge in [-0.3, -0.25) is 4.79 Å². The molecular weight excluding hydrogens is 308 g/mol. The SMILES string of the molecule is COc1cc2c(cc1OC)C(c1ccn3ncnc3c1)CC(=O)N2. The highest BCUT2D eigenvalue weighted by Gasteiger charge is 2.28. The normalized spacial score (nSPS) is 16.6. The van der Waals surface area contributed by atoms with Gasteiger partial charge in [-0.2, -0.15) is 5.10 Å². The van der Waals surface area contributed by atoms with E-state index in [-0.39, 0.29) is 11.8 Å². The van der Waals surface area contributed by atoms with Crippen molar-refractivity contribution in [2.75, 3.05) is 19.5 Å². The van der Waals surface area contributed by atoms with Crippen molar-refractivity contribution in [1.82, 2.24) is 14.6 Å². The summed E-state index contributed by atoms with van der Waals surface area (Å²) in [6.07, 6.45) is 3.73. The molecule has 3 heterocycles. The number of nitrogens with zero attached hydrogens (tertiary/aromatic N) is 3. The van der Waals surface area contributed by atoms with Gasteiger partial charge in [-0.15, -0.1) is 0 Å². The lowest BCUT2D eigenvalue weighted by Gasteiger charge is -2.27. The molecule has 1 N–H and O–H groups in total. The van der Waals surface area contributed by atoms with Gasteiger partial charge in [0.1, 0.15) is 6.33 Å². The van der Waals surface area contributed by atoms with Gasteiger partial charge in [-0.05, 0) is 29.3 Å². The highest BCUT2D eigenvalue weighted by atomic mass is 16.5. The molecule has 7 nitrogen and oxygen atoms in total. The van der Waals surface area contributed by atoms with Crippen LogP contribution in [0, 0.1) is 0 Å². The van der Waals surface area contributed by atoms with Gasteiger partial charge in [0.15, 0.2) is 17.1 Å². The van der Waals surface area contributed by atoms with E-state index in [4.69, 9.17) is 9.47 Å². The number of ether oxygens (including phenoxy) is 2. The van der Waals surface area contributed by atoms with Crippen molar-refractivity contribution < 1.29 is 14.3 Å². The van der Waals surface area contributed by atoms with Crippen molar-refractivity contribution in [1.29, 1.82) is 0 Å². The summed E-state index contributed by atoms with van der Waals surface area (Å²) in [4.78, 5) is 16.4. The molecular formula is C17H16N4O3. The van der Waals surface area contributed by atoms with Crippen molar-refractivity contribution in [3.8, 4) is 11.5 Å². The Morgan fingerprint density at radius 3 is 2.79 bits per heavy atom. The van der Waals surface area contributed by atoms with Gasteiger partial charge in [0.25, 0.3) is 0 Å². The molecule has 0 radical (unpaired) electrons. The number of carbonyl (C=O) groups is 1. The average Bonchev–Trinajstić information content (AvgIpc) is 3.07. The van der Waals surface area contributed by atoms with E-state index >= 15 is 0 Å². The third-order valence-corrected chi connectivity index (χ3v) is 4.30. The minimum atomic E-state index is -0.0738. The minimum Gasteiger partial charge on any atom is -0.493 e. The molecule has 4 rings (SSSR count). The number of anilines is 1. The van der Waals surface area contributed by atoms with Crippen LogP contribution in [-0.4, -0.2) is 34.7 Å². The van der Waals surface area contributed by atoms with Crippen molar-refractivity contribution in [2.24, 2.45) is 0 Å². The number of rotatable bonds is 3. The van der Waals surface area contributed by atoms with Crippen LogP contribution in [0.25, 0.3) is 5.65 Å². The summed E-state index contributed by atoms with van der Waals surface area (Å²) in [7, 11) is 3.18. The molecule has 1 aliphatic heterocycles. The molecule has 1 aliphatic rings. The van der Waals surface area contributed by atoms with E-state index in [9.17, 15) is 4.79 Å². The number of methoxy groups -OCH3 is 2. The fourth-order valence-corrected chi connectivity index (χ4v) is 3.13. The van der Waals surface area contributed by atoms with E-state index in [0.717, 1.165) is 22.5 Å². The van der Waals surface area contributed by atoms with Crippen molar-refractivity contribution in [3.05, 3.63) is 47.9 Å². The van der Waals surface area contributed by atoms with Gasteiger partial charge in [0, 0.05) is 30.3 Å². The maximum absolute atomic E-state index is 12.2. The first-order valence-electron chi connectivity index (χ1n) is 7.54. The molecule has 0 saturated carbocycles. The third kappa shape index (κ3) is 2.25. The lowest BCUT2D eigenvalue weighted by molar-refractivity contribution is -0.116. The first-order chi connectivity index (χ1) is 11.7. The molecule has 0 bridgehead atoms. The average molecular weight is 324 g/mol. The lowest BCUT2D eigenvalue weighted by Crippen LogP contribution is -2.23. The van der Waals surface area contributed by atoms with E-state index in [1.54, 1.807) is 24.8 Å². The van der Waals surface area contributed by atoms with Crippen LogP contribution in [0.4, 0.5) is 5.69 Å². The number of benzene rings is 1. The molecule has 0 fully saturated rings. The summed E-state index contributed by atoms with van der Waals surface area (Å²) in [5.41, 5.74) is 3.51. The predicted octanol–water partition coefficient (Wildman–Crippen LogP) is 2.22. The van der Waals surface area contributed by atoms with Crippen LogP contribution in [0.3, 0.4) is 0 Å². The minimum absolute atomic E-state index is 0.0268. The number of aromatic nitrogens is 3.